The van der Waals surface area contributed by atoms with E-state index in [2.05, 4.69) is 0 Å². The van der Waals surface area contributed by atoms with Gasteiger partial charge >= 0.3 is 5.97 Å². The Hall–Kier alpha value is -0.860. The van der Waals surface area contributed by atoms with Crippen LogP contribution >= 0.6 is 0 Å². The molecule has 0 aromatic heterocycles. The van der Waals surface area contributed by atoms with Crippen LogP contribution in [0.2, 0.25) is 0 Å². The lowest BCUT2D eigenvalue weighted by Gasteiger charge is -2.07. The minimum absolute atomic E-state index is 0.0110. The second kappa shape index (κ2) is 9.37. The maximum Gasteiger partial charge on any atom is 0.306 e. The van der Waals surface area contributed by atoms with Crippen molar-refractivity contribution in [1.82, 2.24) is 0 Å². The molecule has 0 unspecified atom stereocenters. The van der Waals surface area contributed by atoms with Crippen LogP contribution in [-0.2, 0) is 14.3 Å². The summed E-state index contributed by atoms with van der Waals surface area (Å²) in [6.07, 6.45) is 6.30. The van der Waals surface area contributed by atoms with Crippen LogP contribution in [0.4, 0.5) is 0 Å². The molecule has 0 N–H and O–H groups in total. The van der Waals surface area contributed by atoms with Crippen LogP contribution in [0.3, 0.4) is 0 Å². The predicted octanol–water partition coefficient (Wildman–Crippen LogP) is 3.26. The molecular weight excluding hydrogens is 204 g/mol. The van der Waals surface area contributed by atoms with Gasteiger partial charge in [0.25, 0.3) is 0 Å². The van der Waals surface area contributed by atoms with Crippen LogP contribution in [-0.4, -0.2) is 17.9 Å². The Morgan fingerprint density at radius 1 is 0.938 bits per heavy atom. The molecule has 3 heteroatoms. The van der Waals surface area contributed by atoms with Crippen molar-refractivity contribution >= 4 is 11.8 Å². The molecule has 0 aliphatic heterocycles. The molecule has 0 saturated carbocycles. The monoisotopic (exact) mass is 228 g/mol. The molecule has 0 saturated heterocycles. The molecule has 3 nitrogen and oxygen atoms in total. The van der Waals surface area contributed by atoms with Gasteiger partial charge in [-0.15, -0.1) is 0 Å². The predicted molar refractivity (Wildman–Crippen MR) is 64.2 cm³/mol. The number of rotatable bonds is 9. The van der Waals surface area contributed by atoms with Gasteiger partial charge in [-0.2, -0.15) is 0 Å². The van der Waals surface area contributed by atoms with Crippen LogP contribution < -0.4 is 0 Å². The van der Waals surface area contributed by atoms with Gasteiger partial charge < -0.3 is 9.53 Å². The van der Waals surface area contributed by atoms with E-state index in [4.69, 9.17) is 4.74 Å². The largest absolute Gasteiger partial charge is 0.463 e. The molecular formula is C13H24O3. The summed E-state index contributed by atoms with van der Waals surface area (Å²) in [5.41, 5.74) is 0. The van der Waals surface area contributed by atoms with E-state index < -0.39 is 0 Å². The third kappa shape index (κ3) is 11.2. The Kier molecular flexibility index (Phi) is 8.87. The molecule has 94 valence electrons. The van der Waals surface area contributed by atoms with Crippen LogP contribution in [0, 0.1) is 0 Å². The standard InChI is InChI=1S/C13H24O3/c1-11(2)16-13(15)10-8-6-4-5-7-9-12(3)14/h11H,4-10H2,1-3H3. The number of ether oxygens (including phenoxy) is 1. The van der Waals surface area contributed by atoms with Gasteiger partial charge in [0.1, 0.15) is 5.78 Å². The molecule has 16 heavy (non-hydrogen) atoms. The number of hydrogen-bond acceptors (Lipinski definition) is 3. The van der Waals surface area contributed by atoms with Crippen LogP contribution in [0.15, 0.2) is 0 Å². The second-order valence-corrected chi connectivity index (χ2v) is 4.51. The highest BCUT2D eigenvalue weighted by Gasteiger charge is 2.04. The average Bonchev–Trinajstić information content (AvgIpc) is 2.14. The summed E-state index contributed by atoms with van der Waals surface area (Å²) in [5.74, 6) is 0.166. The minimum Gasteiger partial charge on any atom is -0.463 e. The minimum atomic E-state index is -0.0984. The summed E-state index contributed by atoms with van der Waals surface area (Å²) in [5, 5.41) is 0. The van der Waals surface area contributed by atoms with E-state index >= 15 is 0 Å². The Morgan fingerprint density at radius 3 is 1.94 bits per heavy atom. The first-order valence-corrected chi connectivity index (χ1v) is 6.21. The van der Waals surface area contributed by atoms with Gasteiger partial charge in [0, 0.05) is 12.8 Å². The van der Waals surface area contributed by atoms with Gasteiger partial charge in [-0.3, -0.25) is 4.79 Å². The van der Waals surface area contributed by atoms with Crippen molar-refractivity contribution in [2.45, 2.75) is 71.8 Å². The normalized spacial score (nSPS) is 10.5. The molecule has 0 aromatic carbocycles. The Labute approximate surface area is 98.6 Å². The maximum absolute atomic E-state index is 11.2. The van der Waals surface area contributed by atoms with Crippen LogP contribution in [0.1, 0.15) is 65.7 Å². The van der Waals surface area contributed by atoms with Gasteiger partial charge in [0.15, 0.2) is 0 Å². The van der Waals surface area contributed by atoms with Gasteiger partial charge in [-0.25, -0.2) is 0 Å². The number of carbonyl (C=O) groups excluding carboxylic acids is 2. The van der Waals surface area contributed by atoms with Gasteiger partial charge in [0.05, 0.1) is 6.10 Å². The summed E-state index contributed by atoms with van der Waals surface area (Å²) < 4.78 is 5.03. The average molecular weight is 228 g/mol. The number of carbonyl (C=O) groups is 2. The molecule has 0 atom stereocenters. The van der Waals surface area contributed by atoms with Gasteiger partial charge in [0.2, 0.25) is 0 Å². The summed E-state index contributed by atoms with van der Waals surface area (Å²) in [4.78, 5) is 21.8. The zero-order chi connectivity index (χ0) is 12.4. The lowest BCUT2D eigenvalue weighted by Crippen LogP contribution is -2.10. The van der Waals surface area contributed by atoms with Crippen LogP contribution in [0.25, 0.3) is 0 Å². The fourth-order valence-electron chi connectivity index (χ4n) is 1.50. The van der Waals surface area contributed by atoms with E-state index in [0.717, 1.165) is 32.1 Å². The number of ketones is 1. The molecule has 0 aromatic rings. The summed E-state index contributed by atoms with van der Waals surface area (Å²) in [7, 11) is 0. The van der Waals surface area contributed by atoms with E-state index in [1.165, 1.54) is 0 Å². The van der Waals surface area contributed by atoms with E-state index in [1.54, 1.807) is 6.92 Å². The van der Waals surface area contributed by atoms with E-state index in [9.17, 15) is 9.59 Å². The van der Waals surface area contributed by atoms with Crippen molar-refractivity contribution in [3.8, 4) is 0 Å². The van der Waals surface area contributed by atoms with E-state index in [0.29, 0.717) is 12.8 Å². The molecule has 0 heterocycles. The summed E-state index contributed by atoms with van der Waals surface area (Å²) in [6, 6.07) is 0. The fourth-order valence-corrected chi connectivity index (χ4v) is 1.50. The van der Waals surface area contributed by atoms with Crippen molar-refractivity contribution in [1.29, 1.82) is 0 Å². The Balaban J connectivity index is 3.20. The second-order valence-electron chi connectivity index (χ2n) is 4.51. The molecule has 0 amide bonds. The highest BCUT2D eigenvalue weighted by atomic mass is 16.5. The molecule has 0 rings (SSSR count). The SMILES string of the molecule is CC(=O)CCCCCCCC(=O)OC(C)C. The maximum atomic E-state index is 11.2. The lowest BCUT2D eigenvalue weighted by molar-refractivity contribution is -0.147. The van der Waals surface area contributed by atoms with Crippen molar-refractivity contribution in [3.05, 3.63) is 0 Å². The Morgan fingerprint density at radius 2 is 1.44 bits per heavy atom. The third-order valence-corrected chi connectivity index (χ3v) is 2.28. The quantitative estimate of drug-likeness (QED) is 0.449. The highest BCUT2D eigenvalue weighted by Crippen LogP contribution is 2.08. The van der Waals surface area contributed by atoms with Crippen LogP contribution in [0.5, 0.6) is 0 Å². The van der Waals surface area contributed by atoms with Crippen molar-refractivity contribution in [2.75, 3.05) is 0 Å². The highest BCUT2D eigenvalue weighted by molar-refractivity contribution is 5.75. The van der Waals surface area contributed by atoms with Crippen molar-refractivity contribution in [2.24, 2.45) is 0 Å². The first-order chi connectivity index (χ1) is 7.52. The molecule has 0 bridgehead atoms. The fraction of sp³-hybridized carbons (Fsp3) is 0.846. The topological polar surface area (TPSA) is 43.4 Å². The summed E-state index contributed by atoms with van der Waals surface area (Å²) in [6.45, 7) is 5.35. The van der Waals surface area contributed by atoms with E-state index in [-0.39, 0.29) is 17.9 Å². The third-order valence-electron chi connectivity index (χ3n) is 2.28. The molecule has 0 fully saturated rings. The molecule has 0 aliphatic carbocycles. The first kappa shape index (κ1) is 15.1. The number of esters is 1. The lowest BCUT2D eigenvalue weighted by atomic mass is 10.1. The molecule has 0 aliphatic rings. The van der Waals surface area contributed by atoms with Crippen molar-refractivity contribution < 1.29 is 14.3 Å². The molecule has 0 radical (unpaired) electrons. The zero-order valence-electron chi connectivity index (χ0n) is 10.8. The first-order valence-electron chi connectivity index (χ1n) is 6.21. The zero-order valence-corrected chi connectivity index (χ0v) is 10.8. The summed E-state index contributed by atoms with van der Waals surface area (Å²) >= 11 is 0. The number of Topliss-reactive ketones (excluding diaryl/α,β-unsaturated/α-hetero) is 1. The number of hydrogen-bond donors (Lipinski definition) is 0. The van der Waals surface area contributed by atoms with Crippen molar-refractivity contribution in [3.63, 3.8) is 0 Å². The Bertz CT molecular complexity index is 209. The van der Waals surface area contributed by atoms with Gasteiger partial charge in [-0.1, -0.05) is 19.3 Å². The smallest absolute Gasteiger partial charge is 0.306 e. The van der Waals surface area contributed by atoms with E-state index in [1.807, 2.05) is 13.8 Å². The molecule has 0 spiro atoms. The number of unbranched alkanes of at least 4 members (excludes halogenated alkanes) is 4. The van der Waals surface area contributed by atoms with Gasteiger partial charge in [-0.05, 0) is 33.6 Å².